The molecule has 0 bridgehead atoms. The van der Waals surface area contributed by atoms with Crippen LogP contribution in [-0.2, 0) is 26.4 Å². The van der Waals surface area contributed by atoms with Crippen LogP contribution < -0.4 is 5.32 Å². The number of benzene rings is 1. The van der Waals surface area contributed by atoms with Crippen molar-refractivity contribution in [2.75, 3.05) is 0 Å². The summed E-state index contributed by atoms with van der Waals surface area (Å²) in [6, 6.07) is 8.50. The zero-order chi connectivity index (χ0) is 16.7. The molecule has 2 N–H and O–H groups in total. The lowest BCUT2D eigenvalue weighted by Gasteiger charge is -2.11. The number of hydrogen-bond acceptors (Lipinski definition) is 2. The van der Waals surface area contributed by atoms with Crippen LogP contribution in [0.2, 0.25) is 0 Å². The van der Waals surface area contributed by atoms with Gasteiger partial charge in [0.15, 0.2) is 5.69 Å². The molecule has 0 atom stereocenters. The molecule has 0 saturated carbocycles. The van der Waals surface area contributed by atoms with Crippen LogP contribution in [0.15, 0.2) is 24.3 Å². The molecule has 0 radical (unpaired) electrons. The smallest absolute Gasteiger partial charge is 0.272 e. The Labute approximate surface area is 141 Å². The van der Waals surface area contributed by atoms with Crippen molar-refractivity contribution in [3.63, 3.8) is 0 Å². The highest BCUT2D eigenvalue weighted by Crippen LogP contribution is 2.22. The summed E-state index contributed by atoms with van der Waals surface area (Å²) in [5.74, 6) is -0.0845. The first-order valence-corrected chi connectivity index (χ1v) is 8.53. The van der Waals surface area contributed by atoms with Crippen molar-refractivity contribution >= 4 is 16.8 Å². The van der Waals surface area contributed by atoms with Gasteiger partial charge in [0.25, 0.3) is 5.91 Å². The van der Waals surface area contributed by atoms with Crippen molar-refractivity contribution in [3.8, 4) is 0 Å². The van der Waals surface area contributed by atoms with Crippen molar-refractivity contribution in [1.29, 1.82) is 0 Å². The fourth-order valence-electron chi connectivity index (χ4n) is 3.58. The number of aryl methyl sites for hydroxylation is 3. The SMILES string of the molecule is Cc1cc2cc(CNC(=O)c3n[nH]c4c3CCCC4)ccc2n1C. The van der Waals surface area contributed by atoms with Crippen LogP contribution >= 0.6 is 0 Å². The first-order valence-electron chi connectivity index (χ1n) is 8.53. The summed E-state index contributed by atoms with van der Waals surface area (Å²) in [5.41, 5.74) is 6.35. The van der Waals surface area contributed by atoms with E-state index in [-0.39, 0.29) is 5.91 Å². The maximum atomic E-state index is 12.5. The number of amides is 1. The molecule has 1 aromatic carbocycles. The number of carbonyl (C=O) groups is 1. The molecule has 1 aliphatic rings. The Morgan fingerprint density at radius 3 is 3.00 bits per heavy atom. The normalized spacial score (nSPS) is 13.9. The molecule has 2 heterocycles. The lowest BCUT2D eigenvalue weighted by molar-refractivity contribution is 0.0945. The monoisotopic (exact) mass is 322 g/mol. The number of fused-ring (bicyclic) bond motifs is 2. The summed E-state index contributed by atoms with van der Waals surface area (Å²) >= 11 is 0. The van der Waals surface area contributed by atoms with Gasteiger partial charge in [-0.2, -0.15) is 5.10 Å². The average Bonchev–Trinajstić information content (AvgIpc) is 3.14. The number of nitrogens with one attached hydrogen (secondary N) is 2. The topological polar surface area (TPSA) is 62.7 Å². The van der Waals surface area contributed by atoms with Gasteiger partial charge in [-0.1, -0.05) is 6.07 Å². The van der Waals surface area contributed by atoms with Crippen LogP contribution in [0.1, 0.15) is 45.8 Å². The second kappa shape index (κ2) is 5.82. The first kappa shape index (κ1) is 15.0. The third kappa shape index (κ3) is 2.50. The number of aromatic amines is 1. The predicted molar refractivity (Wildman–Crippen MR) is 94.1 cm³/mol. The van der Waals surface area contributed by atoms with Gasteiger partial charge in [0.2, 0.25) is 0 Å². The Bertz CT molecular complexity index is 919. The van der Waals surface area contributed by atoms with Crippen molar-refractivity contribution in [2.24, 2.45) is 7.05 Å². The summed E-state index contributed by atoms with van der Waals surface area (Å²) in [5, 5.41) is 11.5. The van der Waals surface area contributed by atoms with E-state index >= 15 is 0 Å². The molecular weight excluding hydrogens is 300 g/mol. The number of rotatable bonds is 3. The highest BCUT2D eigenvalue weighted by Gasteiger charge is 2.21. The van der Waals surface area contributed by atoms with Gasteiger partial charge in [-0.25, -0.2) is 0 Å². The molecule has 0 unspecified atom stereocenters. The van der Waals surface area contributed by atoms with Gasteiger partial charge in [0.05, 0.1) is 0 Å². The number of H-pyrrole nitrogens is 1. The van der Waals surface area contributed by atoms with Gasteiger partial charge in [-0.15, -0.1) is 0 Å². The Balaban J connectivity index is 1.50. The quantitative estimate of drug-likeness (QED) is 0.778. The Morgan fingerprint density at radius 2 is 2.12 bits per heavy atom. The maximum Gasteiger partial charge on any atom is 0.272 e. The minimum absolute atomic E-state index is 0.0845. The third-order valence-corrected chi connectivity index (χ3v) is 5.07. The molecule has 0 aliphatic heterocycles. The van der Waals surface area contributed by atoms with Crippen LogP contribution in [-0.4, -0.2) is 20.7 Å². The standard InChI is InChI=1S/C19H22N4O/c1-12-9-14-10-13(7-8-17(14)23(12)2)11-20-19(24)18-15-5-3-4-6-16(15)21-22-18/h7-10H,3-6,11H2,1-2H3,(H,20,24)(H,21,22). The lowest BCUT2D eigenvalue weighted by atomic mass is 9.96. The second-order valence-corrected chi connectivity index (χ2v) is 6.66. The minimum atomic E-state index is -0.0845. The molecule has 0 spiro atoms. The molecule has 5 heteroatoms. The van der Waals surface area contributed by atoms with E-state index in [9.17, 15) is 4.79 Å². The summed E-state index contributed by atoms with van der Waals surface area (Å²) in [7, 11) is 2.07. The summed E-state index contributed by atoms with van der Waals surface area (Å²) in [6.45, 7) is 2.62. The zero-order valence-corrected chi connectivity index (χ0v) is 14.1. The van der Waals surface area contributed by atoms with Crippen molar-refractivity contribution in [1.82, 2.24) is 20.1 Å². The molecule has 24 heavy (non-hydrogen) atoms. The molecule has 124 valence electrons. The van der Waals surface area contributed by atoms with Crippen LogP contribution in [0.5, 0.6) is 0 Å². The lowest BCUT2D eigenvalue weighted by Crippen LogP contribution is -2.24. The zero-order valence-electron chi connectivity index (χ0n) is 14.1. The number of carbonyl (C=O) groups excluding carboxylic acids is 1. The van der Waals surface area contributed by atoms with Gasteiger partial charge in [-0.3, -0.25) is 9.89 Å². The molecule has 4 rings (SSSR count). The van der Waals surface area contributed by atoms with Gasteiger partial charge in [-0.05, 0) is 56.4 Å². The molecule has 1 amide bonds. The number of hydrogen-bond donors (Lipinski definition) is 2. The maximum absolute atomic E-state index is 12.5. The molecule has 0 fully saturated rings. The summed E-state index contributed by atoms with van der Waals surface area (Å²) < 4.78 is 2.17. The largest absolute Gasteiger partial charge is 0.348 e. The van der Waals surface area contributed by atoms with Gasteiger partial charge < -0.3 is 9.88 Å². The molecule has 2 aromatic heterocycles. The Morgan fingerprint density at radius 1 is 1.29 bits per heavy atom. The Hall–Kier alpha value is -2.56. The highest BCUT2D eigenvalue weighted by atomic mass is 16.1. The van der Waals surface area contributed by atoms with E-state index in [0.717, 1.165) is 36.1 Å². The van der Waals surface area contributed by atoms with Gasteiger partial charge >= 0.3 is 0 Å². The summed E-state index contributed by atoms with van der Waals surface area (Å²) in [6.07, 6.45) is 4.26. The molecule has 0 saturated heterocycles. The minimum Gasteiger partial charge on any atom is -0.348 e. The summed E-state index contributed by atoms with van der Waals surface area (Å²) in [4.78, 5) is 12.5. The van der Waals surface area contributed by atoms with Crippen molar-refractivity contribution < 1.29 is 4.79 Å². The van der Waals surface area contributed by atoms with E-state index in [0.29, 0.717) is 12.2 Å². The fraction of sp³-hybridized carbons (Fsp3) is 0.368. The van der Waals surface area contributed by atoms with Crippen molar-refractivity contribution in [3.05, 3.63) is 52.5 Å². The number of aromatic nitrogens is 3. The van der Waals surface area contributed by atoms with Crippen LogP contribution in [0, 0.1) is 6.92 Å². The Kier molecular flexibility index (Phi) is 3.63. The van der Waals surface area contributed by atoms with E-state index in [1.165, 1.54) is 23.0 Å². The van der Waals surface area contributed by atoms with Gasteiger partial charge in [0.1, 0.15) is 0 Å². The van der Waals surface area contributed by atoms with E-state index in [1.807, 2.05) is 0 Å². The fourth-order valence-corrected chi connectivity index (χ4v) is 3.58. The van der Waals surface area contributed by atoms with Gasteiger partial charge in [0, 0.05) is 41.4 Å². The highest BCUT2D eigenvalue weighted by molar-refractivity contribution is 5.94. The van der Waals surface area contributed by atoms with E-state index in [4.69, 9.17) is 0 Å². The average molecular weight is 322 g/mol. The third-order valence-electron chi connectivity index (χ3n) is 5.07. The molecule has 3 aromatic rings. The predicted octanol–water partition coefficient (Wildman–Crippen LogP) is 3.02. The molecule has 5 nitrogen and oxygen atoms in total. The van der Waals surface area contributed by atoms with Crippen LogP contribution in [0.4, 0.5) is 0 Å². The second-order valence-electron chi connectivity index (χ2n) is 6.66. The molecule has 1 aliphatic carbocycles. The molecular formula is C19H22N4O. The van der Waals surface area contributed by atoms with Crippen LogP contribution in [0.3, 0.4) is 0 Å². The first-order chi connectivity index (χ1) is 11.6. The van der Waals surface area contributed by atoms with E-state index < -0.39 is 0 Å². The van der Waals surface area contributed by atoms with Crippen molar-refractivity contribution in [2.45, 2.75) is 39.2 Å². The van der Waals surface area contributed by atoms with Crippen LogP contribution in [0.25, 0.3) is 10.9 Å². The number of nitrogens with zero attached hydrogens (tertiary/aromatic N) is 2. The van der Waals surface area contributed by atoms with E-state index in [1.54, 1.807) is 0 Å². The van der Waals surface area contributed by atoms with E-state index in [2.05, 4.69) is 58.3 Å².